The first-order valence-electron chi connectivity index (χ1n) is 8.41. The minimum Gasteiger partial charge on any atom is -0.481 e. The van der Waals surface area contributed by atoms with Crippen molar-refractivity contribution in [3.63, 3.8) is 0 Å². The van der Waals surface area contributed by atoms with Gasteiger partial charge in [-0.3, -0.25) is 14.5 Å². The maximum absolute atomic E-state index is 12.6. The minimum absolute atomic E-state index is 0.0196. The number of carbonyl (C=O) groups excluding carboxylic acids is 2. The van der Waals surface area contributed by atoms with E-state index in [4.69, 9.17) is 5.11 Å². The normalized spacial score (nSPS) is 35.7. The van der Waals surface area contributed by atoms with Crippen LogP contribution in [0.3, 0.4) is 0 Å². The van der Waals surface area contributed by atoms with Gasteiger partial charge < -0.3 is 10.4 Å². The lowest BCUT2D eigenvalue weighted by molar-refractivity contribution is -0.144. The molecule has 122 valence electrons. The van der Waals surface area contributed by atoms with E-state index in [9.17, 15) is 14.4 Å². The maximum atomic E-state index is 12.6. The van der Waals surface area contributed by atoms with E-state index in [1.807, 2.05) is 0 Å². The number of nitrogens with one attached hydrogen (secondary N) is 1. The molecule has 0 spiro atoms. The molecule has 0 aromatic carbocycles. The van der Waals surface area contributed by atoms with E-state index in [1.165, 1.54) is 4.90 Å². The van der Waals surface area contributed by atoms with E-state index in [0.29, 0.717) is 19.4 Å². The molecule has 1 aliphatic heterocycles. The summed E-state index contributed by atoms with van der Waals surface area (Å²) in [6, 6.07) is -0.235. The Morgan fingerprint density at radius 3 is 2.45 bits per heavy atom. The molecule has 2 unspecified atom stereocenters. The number of nitrogens with zero attached hydrogens (tertiary/aromatic N) is 1. The highest BCUT2D eigenvalue weighted by Gasteiger charge is 2.42. The Bertz CT molecular complexity index is 471. The van der Waals surface area contributed by atoms with Crippen LogP contribution in [0.1, 0.15) is 51.4 Å². The van der Waals surface area contributed by atoms with E-state index in [-0.39, 0.29) is 35.7 Å². The smallest absolute Gasteiger partial charge is 0.324 e. The molecule has 0 aromatic heterocycles. The first-order valence-corrected chi connectivity index (χ1v) is 8.41. The zero-order valence-electron chi connectivity index (χ0n) is 12.8. The zero-order chi connectivity index (χ0) is 15.7. The number of carbonyl (C=O) groups is 3. The average molecular weight is 308 g/mol. The molecule has 1 heterocycles. The van der Waals surface area contributed by atoms with Gasteiger partial charge in [-0.2, -0.15) is 0 Å². The lowest BCUT2D eigenvalue weighted by atomic mass is 9.80. The van der Waals surface area contributed by atoms with E-state index >= 15 is 0 Å². The van der Waals surface area contributed by atoms with Gasteiger partial charge in [-0.1, -0.05) is 12.8 Å². The molecule has 1 saturated heterocycles. The van der Waals surface area contributed by atoms with Crippen molar-refractivity contribution < 1.29 is 19.5 Å². The number of imide groups is 1. The molecule has 0 aromatic rings. The first-order chi connectivity index (χ1) is 10.6. The number of urea groups is 1. The van der Waals surface area contributed by atoms with Crippen LogP contribution < -0.4 is 5.32 Å². The number of carboxylic acids is 1. The second kappa shape index (κ2) is 6.26. The van der Waals surface area contributed by atoms with Crippen molar-refractivity contribution in [2.75, 3.05) is 6.54 Å². The molecule has 3 amide bonds. The van der Waals surface area contributed by atoms with Crippen molar-refractivity contribution in [2.45, 2.75) is 57.4 Å². The molecule has 3 aliphatic rings. The molecule has 3 rings (SSSR count). The fraction of sp³-hybridized carbons (Fsp3) is 0.812. The SMILES string of the molecule is O=C(O)C1CCC(CN2C(=O)NC3CCCCC3C2=O)CC1. The summed E-state index contributed by atoms with van der Waals surface area (Å²) in [6.07, 6.45) is 6.76. The van der Waals surface area contributed by atoms with Crippen LogP contribution in [0, 0.1) is 17.8 Å². The van der Waals surface area contributed by atoms with Crippen LogP contribution in [0.4, 0.5) is 4.79 Å². The molecule has 6 nitrogen and oxygen atoms in total. The number of rotatable bonds is 3. The summed E-state index contributed by atoms with van der Waals surface area (Å²) in [4.78, 5) is 37.2. The van der Waals surface area contributed by atoms with Gasteiger partial charge in [0, 0.05) is 12.6 Å². The Kier molecular flexibility index (Phi) is 4.36. The van der Waals surface area contributed by atoms with Gasteiger partial charge in [0.15, 0.2) is 0 Å². The summed E-state index contributed by atoms with van der Waals surface area (Å²) in [5.41, 5.74) is 0. The second-order valence-corrected chi connectivity index (χ2v) is 6.95. The van der Waals surface area contributed by atoms with Crippen LogP contribution in [0.5, 0.6) is 0 Å². The van der Waals surface area contributed by atoms with Crippen molar-refractivity contribution in [1.29, 1.82) is 0 Å². The van der Waals surface area contributed by atoms with Crippen LogP contribution in [-0.4, -0.2) is 40.5 Å². The lowest BCUT2D eigenvalue weighted by Crippen LogP contribution is -2.61. The second-order valence-electron chi connectivity index (χ2n) is 6.95. The Morgan fingerprint density at radius 2 is 1.77 bits per heavy atom. The standard InChI is InChI=1S/C16H24N2O4/c19-14-12-3-1-2-4-13(12)17-16(22)18(14)9-10-5-7-11(8-6-10)15(20)21/h10-13H,1-9H2,(H,17,22)(H,20,21). The van der Waals surface area contributed by atoms with Gasteiger partial charge in [-0.15, -0.1) is 0 Å². The predicted octanol–water partition coefficient (Wildman–Crippen LogP) is 1.99. The highest BCUT2D eigenvalue weighted by Crippen LogP contribution is 2.33. The summed E-state index contributed by atoms with van der Waals surface area (Å²) in [7, 11) is 0. The number of amides is 3. The quantitative estimate of drug-likeness (QED) is 0.834. The van der Waals surface area contributed by atoms with Crippen molar-refractivity contribution in [3.05, 3.63) is 0 Å². The van der Waals surface area contributed by atoms with Crippen LogP contribution in [0.2, 0.25) is 0 Å². The largest absolute Gasteiger partial charge is 0.481 e. The molecule has 2 atom stereocenters. The molecule has 0 radical (unpaired) electrons. The van der Waals surface area contributed by atoms with Crippen molar-refractivity contribution in [2.24, 2.45) is 17.8 Å². The topological polar surface area (TPSA) is 86.7 Å². The van der Waals surface area contributed by atoms with Crippen LogP contribution in [0.15, 0.2) is 0 Å². The molecule has 2 aliphatic carbocycles. The third kappa shape index (κ3) is 2.96. The molecule has 22 heavy (non-hydrogen) atoms. The summed E-state index contributed by atoms with van der Waals surface area (Å²) < 4.78 is 0. The first kappa shape index (κ1) is 15.3. The van der Waals surface area contributed by atoms with Gasteiger partial charge in [0.2, 0.25) is 5.91 Å². The number of carboxylic acid groups (broad SMARTS) is 1. The third-order valence-corrected chi connectivity index (χ3v) is 5.54. The fourth-order valence-corrected chi connectivity index (χ4v) is 4.16. The van der Waals surface area contributed by atoms with Crippen molar-refractivity contribution in [1.82, 2.24) is 10.2 Å². The van der Waals surface area contributed by atoms with E-state index in [1.54, 1.807) is 0 Å². The summed E-state index contributed by atoms with van der Waals surface area (Å²) in [5.74, 6) is -0.818. The number of hydrogen-bond acceptors (Lipinski definition) is 3. The van der Waals surface area contributed by atoms with E-state index in [0.717, 1.165) is 38.5 Å². The van der Waals surface area contributed by atoms with Gasteiger partial charge in [0.05, 0.1) is 11.8 Å². The molecule has 6 heteroatoms. The zero-order valence-corrected chi connectivity index (χ0v) is 12.8. The van der Waals surface area contributed by atoms with Gasteiger partial charge >= 0.3 is 12.0 Å². The van der Waals surface area contributed by atoms with Gasteiger partial charge in [-0.25, -0.2) is 4.79 Å². The van der Waals surface area contributed by atoms with Crippen LogP contribution in [-0.2, 0) is 9.59 Å². The number of fused-ring (bicyclic) bond motifs is 1. The third-order valence-electron chi connectivity index (χ3n) is 5.54. The molecule has 2 N–H and O–H groups in total. The van der Waals surface area contributed by atoms with E-state index < -0.39 is 5.97 Å². The summed E-state index contributed by atoms with van der Waals surface area (Å²) in [5, 5.41) is 12.0. The van der Waals surface area contributed by atoms with Gasteiger partial charge in [-0.05, 0) is 44.4 Å². The number of hydrogen-bond donors (Lipinski definition) is 2. The summed E-state index contributed by atoms with van der Waals surface area (Å²) >= 11 is 0. The van der Waals surface area contributed by atoms with Crippen molar-refractivity contribution in [3.8, 4) is 0 Å². The molecule has 2 saturated carbocycles. The van der Waals surface area contributed by atoms with Crippen LogP contribution in [0.25, 0.3) is 0 Å². The highest BCUT2D eigenvalue weighted by molar-refractivity contribution is 5.98. The van der Waals surface area contributed by atoms with Crippen LogP contribution >= 0.6 is 0 Å². The van der Waals surface area contributed by atoms with Gasteiger partial charge in [0.25, 0.3) is 0 Å². The Balaban J connectivity index is 1.59. The molecular weight excluding hydrogens is 284 g/mol. The molecule has 0 bridgehead atoms. The lowest BCUT2D eigenvalue weighted by Gasteiger charge is -2.41. The summed E-state index contributed by atoms with van der Waals surface area (Å²) in [6.45, 7) is 0.445. The average Bonchev–Trinajstić information content (AvgIpc) is 2.52. The Morgan fingerprint density at radius 1 is 1.09 bits per heavy atom. The minimum atomic E-state index is -0.727. The van der Waals surface area contributed by atoms with Gasteiger partial charge in [0.1, 0.15) is 0 Å². The van der Waals surface area contributed by atoms with Crippen molar-refractivity contribution >= 4 is 17.9 Å². The monoisotopic (exact) mass is 308 g/mol. The highest BCUT2D eigenvalue weighted by atomic mass is 16.4. The Hall–Kier alpha value is -1.59. The number of aliphatic carboxylic acids is 1. The van der Waals surface area contributed by atoms with E-state index in [2.05, 4.69) is 5.32 Å². The Labute approximate surface area is 130 Å². The predicted molar refractivity (Wildman–Crippen MR) is 79.1 cm³/mol. The molecular formula is C16H24N2O4. The fourth-order valence-electron chi connectivity index (χ4n) is 4.16. The molecule has 3 fully saturated rings. The maximum Gasteiger partial charge on any atom is 0.324 e.